The fourth-order valence-corrected chi connectivity index (χ4v) is 2.47. The van der Waals surface area contributed by atoms with E-state index in [1.807, 2.05) is 30.3 Å². The Morgan fingerprint density at radius 3 is 2.48 bits per heavy atom. The molecule has 1 atom stereocenters. The molecule has 2 N–H and O–H groups in total. The predicted molar refractivity (Wildman–Crippen MR) is 97.6 cm³/mol. The summed E-state index contributed by atoms with van der Waals surface area (Å²) in [5.74, 6) is -0.433. The number of carbonyl (C=O) groups is 2. The van der Waals surface area contributed by atoms with Crippen LogP contribution in [0.1, 0.15) is 18.9 Å². The summed E-state index contributed by atoms with van der Waals surface area (Å²) in [6, 6.07) is 14.3. The molecule has 0 aromatic heterocycles. The topological polar surface area (TPSA) is 67.4 Å². The van der Waals surface area contributed by atoms with Crippen LogP contribution in [-0.4, -0.2) is 17.9 Å². The normalized spacial score (nSPS) is 11.5. The third-order valence-corrected chi connectivity index (χ3v) is 3.91. The molecule has 2 amide bonds. The summed E-state index contributed by atoms with van der Waals surface area (Å²) < 4.78 is 5.47. The number of benzene rings is 2. The first-order valence-electron chi connectivity index (χ1n) is 7.70. The molecule has 0 saturated heterocycles. The van der Waals surface area contributed by atoms with E-state index in [4.69, 9.17) is 27.9 Å². The van der Waals surface area contributed by atoms with Crippen molar-refractivity contribution < 1.29 is 14.3 Å². The van der Waals surface area contributed by atoms with Gasteiger partial charge in [-0.3, -0.25) is 20.4 Å². The Hall–Kier alpha value is -2.24. The van der Waals surface area contributed by atoms with Crippen LogP contribution >= 0.6 is 23.2 Å². The van der Waals surface area contributed by atoms with Gasteiger partial charge in [-0.1, -0.05) is 53.5 Å². The number of hydrogen-bond donors (Lipinski definition) is 2. The van der Waals surface area contributed by atoms with Crippen LogP contribution in [0.15, 0.2) is 48.5 Å². The first kappa shape index (κ1) is 19.1. The summed E-state index contributed by atoms with van der Waals surface area (Å²) in [6.07, 6.45) is 0.0189. The van der Waals surface area contributed by atoms with E-state index in [9.17, 15) is 9.59 Å². The standard InChI is InChI=1S/C18H18Cl2N2O3/c1-12(25-16-9-8-14(19)11-15(16)20)18(24)22-21-17(23)10-7-13-5-3-2-4-6-13/h2-6,8-9,11-12H,7,10H2,1H3,(H,21,23)(H,22,24). The number of carbonyl (C=O) groups excluding carboxylic acids is 2. The third-order valence-electron chi connectivity index (χ3n) is 3.38. The Morgan fingerprint density at radius 2 is 1.80 bits per heavy atom. The van der Waals surface area contributed by atoms with Crippen molar-refractivity contribution in [3.63, 3.8) is 0 Å². The molecule has 0 radical (unpaired) electrons. The Morgan fingerprint density at radius 1 is 1.08 bits per heavy atom. The van der Waals surface area contributed by atoms with Crippen molar-refractivity contribution in [1.29, 1.82) is 0 Å². The highest BCUT2D eigenvalue weighted by Gasteiger charge is 2.17. The second-order valence-electron chi connectivity index (χ2n) is 5.36. The van der Waals surface area contributed by atoms with E-state index in [-0.39, 0.29) is 12.3 Å². The Bertz CT molecular complexity index is 738. The van der Waals surface area contributed by atoms with Crippen molar-refractivity contribution in [3.8, 4) is 5.75 Å². The van der Waals surface area contributed by atoms with Gasteiger partial charge in [0.1, 0.15) is 5.75 Å². The average Bonchev–Trinajstić information content (AvgIpc) is 2.61. The summed E-state index contributed by atoms with van der Waals surface area (Å²) in [6.45, 7) is 1.55. The Kier molecular flexibility index (Phi) is 7.10. The molecule has 2 aromatic rings. The molecule has 0 heterocycles. The zero-order valence-corrected chi connectivity index (χ0v) is 15.1. The molecule has 132 valence electrons. The summed E-state index contributed by atoms with van der Waals surface area (Å²) in [4.78, 5) is 23.8. The van der Waals surface area contributed by atoms with Gasteiger partial charge >= 0.3 is 0 Å². The highest BCUT2D eigenvalue weighted by molar-refractivity contribution is 6.35. The maximum Gasteiger partial charge on any atom is 0.279 e. The lowest BCUT2D eigenvalue weighted by Gasteiger charge is -2.16. The molecular formula is C18H18Cl2N2O3. The van der Waals surface area contributed by atoms with Gasteiger partial charge in [-0.25, -0.2) is 0 Å². The van der Waals surface area contributed by atoms with E-state index in [2.05, 4.69) is 10.9 Å². The van der Waals surface area contributed by atoms with E-state index in [0.717, 1.165) is 5.56 Å². The number of halogens is 2. The van der Waals surface area contributed by atoms with Gasteiger partial charge in [0.05, 0.1) is 5.02 Å². The largest absolute Gasteiger partial charge is 0.479 e. The molecule has 0 aliphatic heterocycles. The van der Waals surface area contributed by atoms with E-state index in [1.54, 1.807) is 19.1 Å². The Balaban J connectivity index is 1.76. The molecule has 1 unspecified atom stereocenters. The lowest BCUT2D eigenvalue weighted by atomic mass is 10.1. The van der Waals surface area contributed by atoms with Crippen LogP contribution in [0.2, 0.25) is 10.0 Å². The average molecular weight is 381 g/mol. The molecule has 25 heavy (non-hydrogen) atoms. The van der Waals surface area contributed by atoms with Crippen LogP contribution in [-0.2, 0) is 16.0 Å². The van der Waals surface area contributed by atoms with Crippen molar-refractivity contribution in [2.45, 2.75) is 25.9 Å². The number of hydrogen-bond acceptors (Lipinski definition) is 3. The maximum absolute atomic E-state index is 12.0. The molecule has 0 bridgehead atoms. The minimum Gasteiger partial charge on any atom is -0.479 e. The lowest BCUT2D eigenvalue weighted by molar-refractivity contribution is -0.132. The van der Waals surface area contributed by atoms with Gasteiger partial charge in [0, 0.05) is 11.4 Å². The summed E-state index contributed by atoms with van der Waals surface area (Å²) >= 11 is 11.8. The SMILES string of the molecule is CC(Oc1ccc(Cl)cc1Cl)C(=O)NNC(=O)CCc1ccccc1. The van der Waals surface area contributed by atoms with Crippen LogP contribution in [0.25, 0.3) is 0 Å². The van der Waals surface area contributed by atoms with Crippen molar-refractivity contribution >= 4 is 35.0 Å². The van der Waals surface area contributed by atoms with Crippen LogP contribution in [0.3, 0.4) is 0 Å². The van der Waals surface area contributed by atoms with Crippen LogP contribution in [0, 0.1) is 0 Å². The molecule has 7 heteroatoms. The number of nitrogens with one attached hydrogen (secondary N) is 2. The zero-order valence-electron chi connectivity index (χ0n) is 13.6. The smallest absolute Gasteiger partial charge is 0.279 e. The summed E-state index contributed by atoms with van der Waals surface area (Å²) in [7, 11) is 0. The first-order chi connectivity index (χ1) is 12.0. The molecule has 2 rings (SSSR count). The molecule has 0 aliphatic carbocycles. The monoisotopic (exact) mass is 380 g/mol. The van der Waals surface area contributed by atoms with Crippen LogP contribution in [0.4, 0.5) is 0 Å². The minimum atomic E-state index is -0.840. The van der Waals surface area contributed by atoms with Crippen molar-refractivity contribution in [3.05, 3.63) is 64.1 Å². The summed E-state index contributed by atoms with van der Waals surface area (Å²) in [5, 5.41) is 0.777. The van der Waals surface area contributed by atoms with E-state index >= 15 is 0 Å². The number of hydrazine groups is 1. The molecule has 0 saturated carbocycles. The number of aryl methyl sites for hydroxylation is 1. The molecule has 0 spiro atoms. The van der Waals surface area contributed by atoms with Gasteiger partial charge in [0.25, 0.3) is 5.91 Å². The highest BCUT2D eigenvalue weighted by Crippen LogP contribution is 2.28. The third kappa shape index (κ3) is 6.29. The number of rotatable bonds is 6. The van der Waals surface area contributed by atoms with E-state index in [1.165, 1.54) is 6.07 Å². The fourth-order valence-electron chi connectivity index (χ4n) is 2.01. The number of amides is 2. The number of ether oxygens (including phenoxy) is 1. The van der Waals surface area contributed by atoms with E-state index in [0.29, 0.717) is 22.2 Å². The van der Waals surface area contributed by atoms with Crippen LogP contribution in [0.5, 0.6) is 5.75 Å². The van der Waals surface area contributed by atoms with Crippen LogP contribution < -0.4 is 15.6 Å². The second-order valence-corrected chi connectivity index (χ2v) is 6.20. The molecule has 2 aromatic carbocycles. The van der Waals surface area contributed by atoms with Crippen molar-refractivity contribution in [2.75, 3.05) is 0 Å². The highest BCUT2D eigenvalue weighted by atomic mass is 35.5. The van der Waals surface area contributed by atoms with Gasteiger partial charge in [0.2, 0.25) is 5.91 Å². The molecule has 5 nitrogen and oxygen atoms in total. The maximum atomic E-state index is 12.0. The quantitative estimate of drug-likeness (QED) is 0.753. The van der Waals surface area contributed by atoms with Gasteiger partial charge in [-0.15, -0.1) is 0 Å². The van der Waals surface area contributed by atoms with Crippen molar-refractivity contribution in [2.24, 2.45) is 0 Å². The molecule has 0 fully saturated rings. The van der Waals surface area contributed by atoms with Gasteiger partial charge in [0.15, 0.2) is 6.10 Å². The predicted octanol–water partition coefficient (Wildman–Crippen LogP) is 3.54. The molecule has 0 aliphatic rings. The summed E-state index contributed by atoms with van der Waals surface area (Å²) in [5.41, 5.74) is 5.76. The van der Waals surface area contributed by atoms with Gasteiger partial charge in [-0.2, -0.15) is 0 Å². The second kappa shape index (κ2) is 9.30. The fraction of sp³-hybridized carbons (Fsp3) is 0.222. The van der Waals surface area contributed by atoms with Gasteiger partial charge in [-0.05, 0) is 37.1 Å². The van der Waals surface area contributed by atoms with E-state index < -0.39 is 12.0 Å². The van der Waals surface area contributed by atoms with Crippen molar-refractivity contribution in [1.82, 2.24) is 10.9 Å². The minimum absolute atomic E-state index is 0.266. The zero-order chi connectivity index (χ0) is 18.2. The Labute approximate surface area is 156 Å². The van der Waals surface area contributed by atoms with Gasteiger partial charge < -0.3 is 4.74 Å². The first-order valence-corrected chi connectivity index (χ1v) is 8.45. The molecular weight excluding hydrogens is 363 g/mol. The lowest BCUT2D eigenvalue weighted by Crippen LogP contribution is -2.47.